The van der Waals surface area contributed by atoms with Crippen LogP contribution in [0, 0.1) is 0 Å². The van der Waals surface area contributed by atoms with Crippen molar-refractivity contribution in [1.29, 1.82) is 0 Å². The Morgan fingerprint density at radius 3 is 0.965 bits per heavy atom. The number of hydrogen-bond acceptors (Lipinski definition) is 1. The first-order chi connectivity index (χ1) is 28.3. The number of benzene rings is 4. The number of rotatable bonds is 36. The van der Waals surface area contributed by atoms with Crippen LogP contribution in [0.3, 0.4) is 0 Å². The topological polar surface area (TPSA) is 9.23 Å². The fourth-order valence-electron chi connectivity index (χ4n) is 9.49. The molecule has 0 aliphatic carbocycles. The van der Waals surface area contributed by atoms with E-state index in [0.717, 1.165) is 26.1 Å². The van der Waals surface area contributed by atoms with Crippen LogP contribution >= 0.6 is 0 Å². The third-order valence-corrected chi connectivity index (χ3v) is 13.1. The molecule has 0 aromatic heterocycles. The first kappa shape index (κ1) is 47.0. The second-order valence-electron chi connectivity index (χ2n) is 17.8. The molecule has 0 aliphatic heterocycles. The first-order valence-electron chi connectivity index (χ1n) is 24.8. The van der Waals surface area contributed by atoms with E-state index >= 15 is 0 Å². The second-order valence-corrected chi connectivity index (χ2v) is 17.8. The summed E-state index contributed by atoms with van der Waals surface area (Å²) in [6.45, 7) is 6.33. The van der Waals surface area contributed by atoms with Crippen molar-refractivity contribution in [3.8, 4) is 0 Å². The Morgan fingerprint density at radius 2 is 0.614 bits per heavy atom. The maximum absolute atomic E-state index is 6.60. The minimum Gasteiger partial charge on any atom is -0.381 e. The predicted octanol–water partition coefficient (Wildman–Crippen LogP) is 18.6. The molecule has 0 saturated carbocycles. The summed E-state index contributed by atoms with van der Waals surface area (Å²) in [5.41, 5.74) is 3.07. The predicted molar refractivity (Wildman–Crippen MR) is 254 cm³/mol. The van der Waals surface area contributed by atoms with Gasteiger partial charge in [0.15, 0.2) is 0 Å². The zero-order valence-electron chi connectivity index (χ0n) is 37.3. The lowest BCUT2D eigenvalue weighted by Gasteiger charge is -2.22. The number of ether oxygens (including phenoxy) is 1. The minimum absolute atomic E-state index is 0.559. The van der Waals surface area contributed by atoms with Crippen molar-refractivity contribution in [3.05, 3.63) is 96.1 Å². The highest BCUT2D eigenvalue weighted by Crippen LogP contribution is 2.34. The summed E-state index contributed by atoms with van der Waals surface area (Å²) in [6.07, 6.45) is 41.5. The Balaban J connectivity index is 1.21. The van der Waals surface area contributed by atoms with Gasteiger partial charge in [0, 0.05) is 13.2 Å². The van der Waals surface area contributed by atoms with Crippen LogP contribution < -0.4 is 0 Å². The summed E-state index contributed by atoms with van der Waals surface area (Å²) in [4.78, 5) is 0. The Labute approximate surface area is 352 Å². The van der Waals surface area contributed by atoms with Gasteiger partial charge in [-0.3, -0.25) is 0 Å². The highest BCUT2D eigenvalue weighted by Gasteiger charge is 2.17. The lowest BCUT2D eigenvalue weighted by molar-refractivity contribution is 0.118. The number of fused-ring (bicyclic) bond motifs is 2. The zero-order chi connectivity index (χ0) is 39.9. The third kappa shape index (κ3) is 19.3. The molecule has 0 spiro atoms. The summed E-state index contributed by atoms with van der Waals surface area (Å²) in [5, 5.41) is 5.62. The van der Waals surface area contributed by atoms with Crippen molar-refractivity contribution in [3.63, 3.8) is 0 Å². The van der Waals surface area contributed by atoms with E-state index in [4.69, 9.17) is 4.74 Å². The third-order valence-electron chi connectivity index (χ3n) is 13.1. The molecular weight excluding hydrogens is 689 g/mol. The minimum atomic E-state index is 0.559. The summed E-state index contributed by atoms with van der Waals surface area (Å²) in [7, 11) is 0. The van der Waals surface area contributed by atoms with Gasteiger partial charge >= 0.3 is 0 Å². The average molecular weight is 775 g/mol. The molecule has 57 heavy (non-hydrogen) atoms. The largest absolute Gasteiger partial charge is 0.381 e. The van der Waals surface area contributed by atoms with E-state index in [-0.39, 0.29) is 0 Å². The van der Waals surface area contributed by atoms with Gasteiger partial charge in [-0.15, -0.1) is 0 Å². The summed E-state index contributed by atoms with van der Waals surface area (Å²) in [5.74, 6) is 1.12. The lowest BCUT2D eigenvalue weighted by Crippen LogP contribution is -2.09. The molecule has 4 rings (SSSR count). The number of unbranched alkanes of at least 4 members (excludes halogenated alkanes) is 24. The van der Waals surface area contributed by atoms with Crippen LogP contribution in [-0.4, -0.2) is 13.2 Å². The van der Waals surface area contributed by atoms with Gasteiger partial charge < -0.3 is 4.74 Å². The SMILES string of the molecule is CCCCCCCCCCCCCCCC(CCOCCC(CCCCCCCCCCCCCCC)c1cccc2ccccc12)c1cccc2ccccc12. The van der Waals surface area contributed by atoms with Crippen molar-refractivity contribution in [2.24, 2.45) is 0 Å². The van der Waals surface area contributed by atoms with E-state index in [0.29, 0.717) is 11.8 Å². The Hall–Kier alpha value is -2.64. The normalized spacial score (nSPS) is 12.8. The molecule has 0 heterocycles. The van der Waals surface area contributed by atoms with Crippen LogP contribution in [0.4, 0.5) is 0 Å². The molecule has 4 aromatic carbocycles. The lowest BCUT2D eigenvalue weighted by atomic mass is 9.86. The molecule has 1 nitrogen and oxygen atoms in total. The molecule has 0 saturated heterocycles. The van der Waals surface area contributed by atoms with E-state index in [1.165, 1.54) is 212 Å². The van der Waals surface area contributed by atoms with Gasteiger partial charge in [0.2, 0.25) is 0 Å². The summed E-state index contributed by atoms with van der Waals surface area (Å²) in [6, 6.07) is 32.0. The molecule has 0 aliphatic rings. The Morgan fingerprint density at radius 1 is 0.316 bits per heavy atom. The van der Waals surface area contributed by atoms with E-state index in [1.807, 2.05) is 0 Å². The van der Waals surface area contributed by atoms with Crippen molar-refractivity contribution in [2.45, 2.75) is 218 Å². The van der Waals surface area contributed by atoms with Crippen LogP contribution in [0.2, 0.25) is 0 Å². The Kier molecular flexibility index (Phi) is 25.8. The molecule has 316 valence electrons. The zero-order valence-corrected chi connectivity index (χ0v) is 37.3. The van der Waals surface area contributed by atoms with Gasteiger partial charge in [-0.2, -0.15) is 0 Å². The molecule has 0 fully saturated rings. The number of hydrogen-bond donors (Lipinski definition) is 0. The molecule has 0 bridgehead atoms. The summed E-state index contributed by atoms with van der Waals surface area (Å²) < 4.78 is 6.60. The van der Waals surface area contributed by atoms with Crippen molar-refractivity contribution in [1.82, 2.24) is 0 Å². The molecule has 1 heteroatoms. The molecule has 0 radical (unpaired) electrons. The molecule has 0 N–H and O–H groups in total. The van der Waals surface area contributed by atoms with Gasteiger partial charge in [0.1, 0.15) is 0 Å². The van der Waals surface area contributed by atoms with E-state index in [1.54, 1.807) is 0 Å². The maximum Gasteiger partial charge on any atom is 0.0471 e. The fourth-order valence-corrected chi connectivity index (χ4v) is 9.49. The van der Waals surface area contributed by atoms with E-state index < -0.39 is 0 Å². The summed E-state index contributed by atoms with van der Waals surface area (Å²) >= 11 is 0. The van der Waals surface area contributed by atoms with Crippen LogP contribution in [0.1, 0.15) is 229 Å². The van der Waals surface area contributed by atoms with Crippen molar-refractivity contribution >= 4 is 21.5 Å². The van der Waals surface area contributed by atoms with Gasteiger partial charge in [-0.1, -0.05) is 266 Å². The van der Waals surface area contributed by atoms with Crippen LogP contribution in [-0.2, 0) is 4.74 Å². The quantitative estimate of drug-likeness (QED) is 0.0418. The Bertz CT molecular complexity index is 1410. The fraction of sp³-hybridized carbons (Fsp3) is 0.643. The highest BCUT2D eigenvalue weighted by molar-refractivity contribution is 5.86. The molecule has 2 atom stereocenters. The molecule has 0 amide bonds. The van der Waals surface area contributed by atoms with Crippen LogP contribution in [0.5, 0.6) is 0 Å². The highest BCUT2D eigenvalue weighted by atomic mass is 16.5. The van der Waals surface area contributed by atoms with E-state index in [9.17, 15) is 0 Å². The van der Waals surface area contributed by atoms with Gasteiger partial charge in [-0.25, -0.2) is 0 Å². The molecule has 4 aromatic rings. The van der Waals surface area contributed by atoms with E-state index in [2.05, 4.69) is 98.8 Å². The standard InChI is InChI=1S/C56H86O/c1-3-5-7-9-11-13-15-17-19-21-23-25-27-35-51(55-43-33-39-49-37-29-31-41-53(49)55)45-47-57-48-46-52(56-44-34-40-50-38-30-32-42-54(50)56)36-28-26-24-22-20-18-16-14-12-10-8-6-4-2/h29-34,37-44,51-52H,3-28,35-36,45-48H2,1-2H3. The van der Waals surface area contributed by atoms with Crippen molar-refractivity contribution < 1.29 is 4.74 Å². The second kappa shape index (κ2) is 31.3. The van der Waals surface area contributed by atoms with Crippen molar-refractivity contribution in [2.75, 3.05) is 13.2 Å². The maximum atomic E-state index is 6.60. The molecular formula is C56H86O. The van der Waals surface area contributed by atoms with Crippen LogP contribution in [0.25, 0.3) is 21.5 Å². The monoisotopic (exact) mass is 775 g/mol. The molecule has 2 unspecified atom stereocenters. The van der Waals surface area contributed by atoms with Crippen LogP contribution in [0.15, 0.2) is 84.9 Å². The average Bonchev–Trinajstić information content (AvgIpc) is 3.25. The van der Waals surface area contributed by atoms with Gasteiger partial charge in [0.25, 0.3) is 0 Å². The van der Waals surface area contributed by atoms with Gasteiger partial charge in [0.05, 0.1) is 0 Å². The van der Waals surface area contributed by atoms with Gasteiger partial charge in [-0.05, 0) is 70.2 Å². The smallest absolute Gasteiger partial charge is 0.0471 e. The first-order valence-corrected chi connectivity index (χ1v) is 24.8.